The Morgan fingerprint density at radius 2 is 2.09 bits per heavy atom. The number of nitrogens with zero attached hydrogens (tertiary/aromatic N) is 4. The number of aliphatic hydroxyl groups is 1. The molecule has 2 saturated heterocycles. The second-order valence-electron chi connectivity index (χ2n) is 6.20. The summed E-state index contributed by atoms with van der Waals surface area (Å²) >= 11 is 0. The summed E-state index contributed by atoms with van der Waals surface area (Å²) in [5.41, 5.74) is 5.87. The van der Waals surface area contributed by atoms with Gasteiger partial charge in [-0.3, -0.25) is 4.99 Å². The largest absolute Gasteiger partial charge is 0.394 e. The van der Waals surface area contributed by atoms with Gasteiger partial charge in [-0.2, -0.15) is 0 Å². The van der Waals surface area contributed by atoms with Crippen molar-refractivity contribution in [3.8, 4) is 0 Å². The lowest BCUT2D eigenvalue weighted by Gasteiger charge is -2.33. The molecule has 0 aliphatic carbocycles. The van der Waals surface area contributed by atoms with Gasteiger partial charge in [0.2, 0.25) is 0 Å². The van der Waals surface area contributed by atoms with Crippen molar-refractivity contribution in [1.29, 1.82) is 0 Å². The monoisotopic (exact) mass is 309 g/mol. The van der Waals surface area contributed by atoms with E-state index in [1.54, 1.807) is 6.34 Å². The van der Waals surface area contributed by atoms with Gasteiger partial charge in [0.05, 0.1) is 12.9 Å². The molecule has 6 atom stereocenters. The van der Waals surface area contributed by atoms with E-state index in [-0.39, 0.29) is 31.0 Å². The smallest absolute Gasteiger partial charge is 0.164 e. The Labute approximate surface area is 127 Å². The Hall–Kier alpha value is -1.55. The summed E-state index contributed by atoms with van der Waals surface area (Å²) in [5.74, 6) is -0.284. The van der Waals surface area contributed by atoms with Crippen molar-refractivity contribution in [2.24, 2.45) is 20.7 Å². The summed E-state index contributed by atoms with van der Waals surface area (Å²) in [6.45, 7) is 3.56. The van der Waals surface area contributed by atoms with Crippen LogP contribution in [0.1, 0.15) is 13.8 Å². The van der Waals surface area contributed by atoms with Gasteiger partial charge in [-0.25, -0.2) is 9.98 Å². The number of nitrogens with two attached hydrogens (primary N) is 1. The molecule has 9 heteroatoms. The maximum atomic E-state index is 9.54. The third kappa shape index (κ3) is 1.97. The quantitative estimate of drug-likeness (QED) is 0.652. The highest BCUT2D eigenvalue weighted by molar-refractivity contribution is 5.96. The van der Waals surface area contributed by atoms with E-state index in [1.165, 1.54) is 6.34 Å². The number of hydrogen-bond donors (Lipinski definition) is 2. The first-order valence-corrected chi connectivity index (χ1v) is 7.28. The number of fused-ring (bicyclic) bond motifs is 2. The summed E-state index contributed by atoms with van der Waals surface area (Å²) in [5, 5.41) is 9.54. The minimum absolute atomic E-state index is 0.136. The summed E-state index contributed by atoms with van der Waals surface area (Å²) in [6, 6.07) is -0.310. The van der Waals surface area contributed by atoms with E-state index in [1.807, 2.05) is 18.7 Å². The maximum absolute atomic E-state index is 9.54. The molecular weight excluding hydrogens is 290 g/mol. The van der Waals surface area contributed by atoms with E-state index in [0.717, 1.165) is 0 Å². The zero-order valence-electron chi connectivity index (χ0n) is 12.4. The fourth-order valence-electron chi connectivity index (χ4n) is 3.35. The SMILES string of the molecule is CC1(C)OC2C(N3C=NC4C(N)=NC=NC43)OC(CO)[C@H]2O1. The summed E-state index contributed by atoms with van der Waals surface area (Å²) in [7, 11) is 0. The zero-order chi connectivity index (χ0) is 15.5. The Morgan fingerprint density at radius 1 is 1.32 bits per heavy atom. The third-order valence-electron chi connectivity index (χ3n) is 4.28. The van der Waals surface area contributed by atoms with E-state index in [2.05, 4.69) is 15.0 Å². The molecule has 3 N–H and O–H groups in total. The molecule has 9 nitrogen and oxygen atoms in total. The minimum atomic E-state index is -0.711. The first-order chi connectivity index (χ1) is 10.5. The molecular formula is C13H19N5O4. The average molecular weight is 309 g/mol. The van der Waals surface area contributed by atoms with E-state index < -0.39 is 18.1 Å². The number of ether oxygens (including phenoxy) is 3. The van der Waals surface area contributed by atoms with Crippen molar-refractivity contribution < 1.29 is 19.3 Å². The molecule has 0 saturated carbocycles. The van der Waals surface area contributed by atoms with E-state index in [9.17, 15) is 5.11 Å². The van der Waals surface area contributed by atoms with Crippen molar-refractivity contribution in [2.45, 2.75) is 56.4 Å². The predicted octanol–water partition coefficient (Wildman–Crippen LogP) is -1.34. The van der Waals surface area contributed by atoms with Gasteiger partial charge in [-0.1, -0.05) is 0 Å². The van der Waals surface area contributed by atoms with Gasteiger partial charge in [-0.05, 0) is 13.8 Å². The summed E-state index contributed by atoms with van der Waals surface area (Å²) in [4.78, 5) is 14.5. The second kappa shape index (κ2) is 4.72. The third-order valence-corrected chi connectivity index (χ3v) is 4.28. The average Bonchev–Trinajstić information content (AvgIpc) is 3.10. The van der Waals surface area contributed by atoms with Gasteiger partial charge < -0.3 is 30.0 Å². The fourth-order valence-corrected chi connectivity index (χ4v) is 3.35. The lowest BCUT2D eigenvalue weighted by Crippen LogP contribution is -2.51. The van der Waals surface area contributed by atoms with Crippen LogP contribution in [0.15, 0.2) is 15.0 Å². The molecule has 5 unspecified atom stereocenters. The van der Waals surface area contributed by atoms with Crippen molar-refractivity contribution in [2.75, 3.05) is 6.61 Å². The van der Waals surface area contributed by atoms with Crippen LogP contribution in [0.25, 0.3) is 0 Å². The Morgan fingerprint density at radius 3 is 2.86 bits per heavy atom. The highest BCUT2D eigenvalue weighted by Crippen LogP contribution is 2.40. The number of aliphatic imine (C=N–C) groups is 3. The van der Waals surface area contributed by atoms with Gasteiger partial charge in [0.25, 0.3) is 0 Å². The molecule has 0 radical (unpaired) electrons. The summed E-state index contributed by atoms with van der Waals surface area (Å²) in [6.07, 6.45) is 1.27. The Bertz CT molecular complexity index is 563. The van der Waals surface area contributed by atoms with Crippen molar-refractivity contribution >= 4 is 18.5 Å². The van der Waals surface area contributed by atoms with Gasteiger partial charge in [-0.15, -0.1) is 0 Å². The highest BCUT2D eigenvalue weighted by Gasteiger charge is 2.58. The Balaban J connectivity index is 1.60. The predicted molar refractivity (Wildman–Crippen MR) is 77.6 cm³/mol. The molecule has 4 aliphatic heterocycles. The van der Waals surface area contributed by atoms with Crippen LogP contribution in [-0.2, 0) is 14.2 Å². The van der Waals surface area contributed by atoms with E-state index >= 15 is 0 Å². The van der Waals surface area contributed by atoms with E-state index in [4.69, 9.17) is 19.9 Å². The van der Waals surface area contributed by atoms with Gasteiger partial charge in [0, 0.05) is 0 Å². The molecule has 120 valence electrons. The molecule has 0 amide bonds. The molecule has 4 aliphatic rings. The van der Waals surface area contributed by atoms with Crippen LogP contribution in [0.5, 0.6) is 0 Å². The summed E-state index contributed by atoms with van der Waals surface area (Å²) < 4.78 is 17.7. The van der Waals surface area contributed by atoms with E-state index in [0.29, 0.717) is 5.84 Å². The van der Waals surface area contributed by atoms with Crippen LogP contribution < -0.4 is 5.73 Å². The van der Waals surface area contributed by atoms with Crippen LogP contribution in [0.3, 0.4) is 0 Å². The normalized spacial score (nSPS) is 45.0. The van der Waals surface area contributed by atoms with Crippen LogP contribution in [0.2, 0.25) is 0 Å². The minimum Gasteiger partial charge on any atom is -0.394 e. The first kappa shape index (κ1) is 14.1. The Kier molecular flexibility index (Phi) is 3.02. The van der Waals surface area contributed by atoms with Gasteiger partial charge >= 0.3 is 0 Å². The number of hydrogen-bond acceptors (Lipinski definition) is 9. The van der Waals surface area contributed by atoms with Gasteiger partial charge in [0.15, 0.2) is 18.2 Å². The molecule has 22 heavy (non-hydrogen) atoms. The van der Waals surface area contributed by atoms with Crippen LogP contribution in [-0.4, -0.2) is 77.7 Å². The molecule has 4 heterocycles. The number of amidine groups is 1. The molecule has 0 bridgehead atoms. The molecule has 0 aromatic carbocycles. The lowest BCUT2D eigenvalue weighted by atomic mass is 10.1. The van der Waals surface area contributed by atoms with Crippen LogP contribution >= 0.6 is 0 Å². The van der Waals surface area contributed by atoms with Gasteiger partial charge in [0.1, 0.15) is 36.5 Å². The molecule has 0 aromatic heterocycles. The topological polar surface area (TPSA) is 114 Å². The van der Waals surface area contributed by atoms with Crippen molar-refractivity contribution in [1.82, 2.24) is 4.90 Å². The standard InChI is InChI=1S/C13H19N5O4/c1-13(2)21-8-6(3-19)20-12(9(8)22-13)18-5-17-7-10(14)15-4-16-11(7)18/h4-9,11-12,19H,3H2,1-2H3,(H2,14,15,16)/t6?,7?,8-,9?,11?,12?/m1/s1. The zero-order valence-corrected chi connectivity index (χ0v) is 12.4. The molecule has 0 spiro atoms. The maximum Gasteiger partial charge on any atom is 0.164 e. The first-order valence-electron chi connectivity index (χ1n) is 7.28. The number of rotatable bonds is 2. The van der Waals surface area contributed by atoms with Crippen molar-refractivity contribution in [3.63, 3.8) is 0 Å². The molecule has 4 rings (SSSR count). The van der Waals surface area contributed by atoms with Crippen LogP contribution in [0, 0.1) is 0 Å². The fraction of sp³-hybridized carbons (Fsp3) is 0.769. The molecule has 2 fully saturated rings. The lowest BCUT2D eigenvalue weighted by molar-refractivity contribution is -0.204. The van der Waals surface area contributed by atoms with Crippen molar-refractivity contribution in [3.05, 3.63) is 0 Å². The number of aliphatic hydroxyl groups excluding tert-OH is 1. The van der Waals surface area contributed by atoms with Crippen LogP contribution in [0.4, 0.5) is 0 Å². The molecule has 0 aromatic rings. The highest BCUT2D eigenvalue weighted by atomic mass is 16.8. The second-order valence-corrected chi connectivity index (χ2v) is 6.20.